The molecule has 1 fully saturated rings. The van der Waals surface area contributed by atoms with Crippen LogP contribution in [0.25, 0.3) is 0 Å². The zero-order valence-corrected chi connectivity index (χ0v) is 11.3. The van der Waals surface area contributed by atoms with Crippen molar-refractivity contribution in [2.45, 2.75) is 37.5 Å². The molecule has 0 radical (unpaired) electrons. The Labute approximate surface area is 107 Å². The Kier molecular flexibility index (Phi) is 3.73. The van der Waals surface area contributed by atoms with Crippen molar-refractivity contribution >= 4 is 10.0 Å². The Hall–Kier alpha value is -0.940. The first-order chi connectivity index (χ1) is 8.47. The number of benzene rings is 1. The van der Waals surface area contributed by atoms with E-state index in [1.165, 1.54) is 18.6 Å². The van der Waals surface area contributed by atoms with E-state index >= 15 is 0 Å². The molecule has 0 atom stereocenters. The number of hydrogen-bond donors (Lipinski definition) is 1. The topological polar surface area (TPSA) is 46.2 Å². The zero-order chi connectivity index (χ0) is 13.2. The first-order valence-electron chi connectivity index (χ1n) is 6.23. The summed E-state index contributed by atoms with van der Waals surface area (Å²) in [6.45, 7) is 2.56. The Morgan fingerprint density at radius 1 is 1.28 bits per heavy atom. The minimum atomic E-state index is -3.51. The lowest BCUT2D eigenvalue weighted by atomic mass is 9.67. The maximum atomic E-state index is 12.8. The lowest BCUT2D eigenvalue weighted by Crippen LogP contribution is -2.41. The normalized spacial score (nSPS) is 18.3. The van der Waals surface area contributed by atoms with Crippen molar-refractivity contribution in [2.75, 3.05) is 6.54 Å². The predicted molar refractivity (Wildman–Crippen MR) is 68.2 cm³/mol. The first kappa shape index (κ1) is 13.5. The molecule has 1 aromatic rings. The van der Waals surface area contributed by atoms with Gasteiger partial charge in [-0.25, -0.2) is 17.5 Å². The molecule has 0 unspecified atom stereocenters. The summed E-state index contributed by atoms with van der Waals surface area (Å²) < 4.78 is 39.4. The van der Waals surface area contributed by atoms with E-state index in [1.807, 2.05) is 0 Å². The van der Waals surface area contributed by atoms with Crippen molar-refractivity contribution in [1.29, 1.82) is 0 Å². The van der Waals surface area contributed by atoms with Crippen LogP contribution in [0.1, 0.15) is 32.6 Å². The van der Waals surface area contributed by atoms with Gasteiger partial charge in [-0.2, -0.15) is 0 Å². The third-order valence-corrected chi connectivity index (χ3v) is 5.34. The summed E-state index contributed by atoms with van der Waals surface area (Å²) in [7, 11) is -3.51. The van der Waals surface area contributed by atoms with Crippen LogP contribution >= 0.6 is 0 Å². The van der Waals surface area contributed by atoms with Gasteiger partial charge in [0.1, 0.15) is 5.82 Å². The van der Waals surface area contributed by atoms with Gasteiger partial charge < -0.3 is 0 Å². The van der Waals surface area contributed by atoms with Crippen LogP contribution in [0.4, 0.5) is 4.39 Å². The second-order valence-electron chi connectivity index (χ2n) is 4.99. The fraction of sp³-hybridized carbons (Fsp3) is 0.538. The van der Waals surface area contributed by atoms with E-state index in [2.05, 4.69) is 11.6 Å². The molecule has 2 rings (SSSR count). The van der Waals surface area contributed by atoms with Crippen molar-refractivity contribution in [2.24, 2.45) is 5.41 Å². The van der Waals surface area contributed by atoms with Crippen LogP contribution in [-0.4, -0.2) is 15.0 Å². The fourth-order valence-electron chi connectivity index (χ4n) is 2.28. The average molecular weight is 271 g/mol. The Balaban J connectivity index is 2.05. The number of nitrogens with one attached hydrogen (secondary N) is 1. The maximum absolute atomic E-state index is 12.8. The van der Waals surface area contributed by atoms with Gasteiger partial charge in [0.2, 0.25) is 10.0 Å². The summed E-state index contributed by atoms with van der Waals surface area (Å²) in [5.41, 5.74) is 0.132. The lowest BCUT2D eigenvalue weighted by molar-refractivity contribution is 0.133. The van der Waals surface area contributed by atoms with Gasteiger partial charge in [-0.3, -0.25) is 0 Å². The third kappa shape index (κ3) is 2.72. The molecule has 0 aliphatic heterocycles. The molecule has 18 heavy (non-hydrogen) atoms. The number of sulfonamides is 1. The summed E-state index contributed by atoms with van der Waals surface area (Å²) >= 11 is 0. The fourth-order valence-corrected chi connectivity index (χ4v) is 3.43. The minimum Gasteiger partial charge on any atom is -0.211 e. The lowest BCUT2D eigenvalue weighted by Gasteiger charge is -2.41. The highest BCUT2D eigenvalue weighted by Gasteiger charge is 2.36. The number of hydrogen-bond acceptors (Lipinski definition) is 2. The van der Waals surface area contributed by atoms with Crippen LogP contribution in [0, 0.1) is 11.2 Å². The van der Waals surface area contributed by atoms with E-state index in [-0.39, 0.29) is 10.3 Å². The highest BCUT2D eigenvalue weighted by molar-refractivity contribution is 7.89. The Morgan fingerprint density at radius 3 is 2.33 bits per heavy atom. The molecule has 0 aromatic heterocycles. The minimum absolute atomic E-state index is 0.120. The van der Waals surface area contributed by atoms with Crippen LogP contribution in [0.3, 0.4) is 0 Å². The maximum Gasteiger partial charge on any atom is 0.240 e. The summed E-state index contributed by atoms with van der Waals surface area (Å²) in [6.07, 6.45) is 4.32. The van der Waals surface area contributed by atoms with Gasteiger partial charge in [0.05, 0.1) is 4.90 Å². The van der Waals surface area contributed by atoms with Gasteiger partial charge in [-0.05, 0) is 48.9 Å². The molecule has 1 saturated carbocycles. The molecule has 0 heterocycles. The Morgan fingerprint density at radius 2 is 1.89 bits per heavy atom. The third-order valence-electron chi connectivity index (χ3n) is 3.93. The average Bonchev–Trinajstić information content (AvgIpc) is 2.29. The molecule has 1 aliphatic rings. The van der Waals surface area contributed by atoms with Gasteiger partial charge in [-0.15, -0.1) is 0 Å². The van der Waals surface area contributed by atoms with Crippen molar-refractivity contribution in [1.82, 2.24) is 4.72 Å². The van der Waals surface area contributed by atoms with Crippen LogP contribution in [0.5, 0.6) is 0 Å². The van der Waals surface area contributed by atoms with E-state index in [1.54, 1.807) is 0 Å². The van der Waals surface area contributed by atoms with E-state index in [9.17, 15) is 12.8 Å². The first-order valence-corrected chi connectivity index (χ1v) is 7.71. The molecule has 0 bridgehead atoms. The quantitative estimate of drug-likeness (QED) is 0.895. The smallest absolute Gasteiger partial charge is 0.211 e. The Bertz CT molecular complexity index is 501. The van der Waals surface area contributed by atoms with E-state index in [4.69, 9.17) is 0 Å². The number of halogens is 1. The van der Waals surface area contributed by atoms with Crippen molar-refractivity contribution in [3.63, 3.8) is 0 Å². The summed E-state index contributed by atoms with van der Waals surface area (Å²) in [5, 5.41) is 0. The van der Waals surface area contributed by atoms with E-state index < -0.39 is 15.8 Å². The van der Waals surface area contributed by atoms with Crippen molar-refractivity contribution in [3.05, 3.63) is 30.1 Å². The summed E-state index contributed by atoms with van der Waals surface area (Å²) in [4.78, 5) is 0.120. The molecule has 1 aromatic carbocycles. The monoisotopic (exact) mass is 271 g/mol. The van der Waals surface area contributed by atoms with Gasteiger partial charge in [-0.1, -0.05) is 13.3 Å². The van der Waals surface area contributed by atoms with Crippen molar-refractivity contribution < 1.29 is 12.8 Å². The molecular formula is C13H18FNO2S. The summed E-state index contributed by atoms with van der Waals surface area (Å²) in [5.74, 6) is -0.432. The zero-order valence-electron chi connectivity index (χ0n) is 10.4. The highest BCUT2D eigenvalue weighted by Crippen LogP contribution is 2.43. The van der Waals surface area contributed by atoms with E-state index in [0.717, 1.165) is 31.4 Å². The molecule has 1 aliphatic carbocycles. The van der Waals surface area contributed by atoms with Gasteiger partial charge in [0, 0.05) is 6.54 Å². The standard InChI is InChI=1S/C13H18FNO2S/c1-2-13(8-3-9-13)10-15-18(16,17)12-6-4-11(14)5-7-12/h4-7,15H,2-3,8-10H2,1H3. The molecule has 0 spiro atoms. The van der Waals surface area contributed by atoms with Crippen LogP contribution < -0.4 is 4.72 Å². The molecular weight excluding hydrogens is 253 g/mol. The van der Waals surface area contributed by atoms with Crippen LogP contribution in [0.15, 0.2) is 29.2 Å². The SMILES string of the molecule is CCC1(CNS(=O)(=O)c2ccc(F)cc2)CCC1. The molecule has 0 amide bonds. The molecule has 5 heteroatoms. The molecule has 3 nitrogen and oxygen atoms in total. The predicted octanol–water partition coefficient (Wildman–Crippen LogP) is 2.68. The van der Waals surface area contributed by atoms with Gasteiger partial charge >= 0.3 is 0 Å². The van der Waals surface area contributed by atoms with Crippen molar-refractivity contribution in [3.8, 4) is 0 Å². The highest BCUT2D eigenvalue weighted by atomic mass is 32.2. The van der Waals surface area contributed by atoms with Crippen LogP contribution in [0.2, 0.25) is 0 Å². The van der Waals surface area contributed by atoms with E-state index in [0.29, 0.717) is 6.54 Å². The van der Waals surface area contributed by atoms with Gasteiger partial charge in [0.25, 0.3) is 0 Å². The molecule has 100 valence electrons. The number of rotatable bonds is 5. The largest absolute Gasteiger partial charge is 0.240 e. The molecule has 1 N–H and O–H groups in total. The van der Waals surface area contributed by atoms with Crippen LogP contribution in [-0.2, 0) is 10.0 Å². The summed E-state index contributed by atoms with van der Waals surface area (Å²) in [6, 6.07) is 4.90. The van der Waals surface area contributed by atoms with Gasteiger partial charge in [0.15, 0.2) is 0 Å². The second kappa shape index (κ2) is 4.97. The second-order valence-corrected chi connectivity index (χ2v) is 6.75. The molecule has 0 saturated heterocycles.